The topological polar surface area (TPSA) is 68.3 Å². The Labute approximate surface area is 135 Å². The first-order chi connectivity index (χ1) is 11.1. The third kappa shape index (κ3) is 4.64. The quantitative estimate of drug-likeness (QED) is 0.831. The van der Waals surface area contributed by atoms with Crippen LogP contribution in [0.2, 0.25) is 0 Å². The van der Waals surface area contributed by atoms with Crippen molar-refractivity contribution in [1.29, 1.82) is 0 Å². The molecule has 5 heteroatoms. The molecule has 0 aliphatic carbocycles. The lowest BCUT2D eigenvalue weighted by atomic mass is 9.93. The third-order valence-corrected chi connectivity index (χ3v) is 3.69. The number of rotatable bonds is 6. The first-order valence-electron chi connectivity index (χ1n) is 7.44. The molecule has 2 aromatic rings. The van der Waals surface area contributed by atoms with Gasteiger partial charge in [-0.05, 0) is 31.0 Å². The molecule has 2 rings (SSSR count). The van der Waals surface area contributed by atoms with Gasteiger partial charge in [-0.15, -0.1) is 0 Å². The van der Waals surface area contributed by atoms with Crippen molar-refractivity contribution in [2.45, 2.75) is 19.4 Å². The summed E-state index contributed by atoms with van der Waals surface area (Å²) in [5.74, 6) is -1.05. The van der Waals surface area contributed by atoms with E-state index in [0.717, 1.165) is 5.56 Å². The zero-order chi connectivity index (χ0) is 16.7. The second-order valence-corrected chi connectivity index (χ2v) is 5.32. The van der Waals surface area contributed by atoms with Crippen molar-refractivity contribution in [3.8, 4) is 0 Å². The van der Waals surface area contributed by atoms with E-state index in [-0.39, 0.29) is 17.9 Å². The van der Waals surface area contributed by atoms with Crippen LogP contribution in [0.3, 0.4) is 0 Å². The van der Waals surface area contributed by atoms with Crippen LogP contribution in [-0.2, 0) is 16.0 Å². The Morgan fingerprint density at radius 1 is 1.17 bits per heavy atom. The zero-order valence-electron chi connectivity index (χ0n) is 13.2. The molecule has 0 spiro atoms. The molecule has 0 fully saturated rings. The van der Waals surface area contributed by atoms with E-state index in [0.29, 0.717) is 12.0 Å². The lowest BCUT2D eigenvalue weighted by molar-refractivity contribution is -0.146. The monoisotopic (exact) mass is 312 g/mol. The third-order valence-electron chi connectivity index (χ3n) is 3.69. The average molecular weight is 312 g/mol. The minimum absolute atomic E-state index is 0.257. The van der Waals surface area contributed by atoms with Crippen LogP contribution >= 0.6 is 0 Å². The molecular formula is C18H20N2O3. The van der Waals surface area contributed by atoms with Gasteiger partial charge in [0.2, 0.25) is 0 Å². The highest BCUT2D eigenvalue weighted by Crippen LogP contribution is 2.15. The van der Waals surface area contributed by atoms with Crippen molar-refractivity contribution in [2.75, 3.05) is 7.11 Å². The summed E-state index contributed by atoms with van der Waals surface area (Å²) in [6.07, 6.45) is 3.60. The average Bonchev–Trinajstić information content (AvgIpc) is 2.60. The minimum Gasteiger partial charge on any atom is -0.469 e. The number of aromatic nitrogens is 1. The number of methoxy groups -OCH3 is 1. The summed E-state index contributed by atoms with van der Waals surface area (Å²) in [7, 11) is 1.36. The van der Waals surface area contributed by atoms with Crippen LogP contribution in [0.25, 0.3) is 0 Å². The molecule has 5 nitrogen and oxygen atoms in total. The Bertz CT molecular complexity index is 644. The fourth-order valence-corrected chi connectivity index (χ4v) is 2.37. The SMILES string of the molecule is COC(=O)[C@H](Cc1ccccc1)[C@H](C)NC(=O)c1cccnc1. The van der Waals surface area contributed by atoms with Gasteiger partial charge in [0, 0.05) is 18.4 Å². The summed E-state index contributed by atoms with van der Waals surface area (Å²) in [6.45, 7) is 1.80. The smallest absolute Gasteiger partial charge is 0.311 e. The minimum atomic E-state index is -0.456. The second-order valence-electron chi connectivity index (χ2n) is 5.32. The van der Waals surface area contributed by atoms with Crippen LogP contribution in [0.5, 0.6) is 0 Å². The molecule has 1 amide bonds. The number of ether oxygens (including phenoxy) is 1. The summed E-state index contributed by atoms with van der Waals surface area (Å²) in [5.41, 5.74) is 1.48. The van der Waals surface area contributed by atoms with E-state index in [1.165, 1.54) is 13.3 Å². The highest BCUT2D eigenvalue weighted by atomic mass is 16.5. The van der Waals surface area contributed by atoms with Gasteiger partial charge in [-0.2, -0.15) is 0 Å². The molecule has 0 unspecified atom stereocenters. The predicted molar refractivity (Wildman–Crippen MR) is 86.8 cm³/mol. The summed E-state index contributed by atoms with van der Waals surface area (Å²) in [4.78, 5) is 28.2. The van der Waals surface area contributed by atoms with E-state index in [1.54, 1.807) is 25.3 Å². The fourth-order valence-electron chi connectivity index (χ4n) is 2.37. The normalized spacial score (nSPS) is 13.0. The van der Waals surface area contributed by atoms with Gasteiger partial charge in [0.15, 0.2) is 0 Å². The Morgan fingerprint density at radius 3 is 2.52 bits per heavy atom. The van der Waals surface area contributed by atoms with Crippen LogP contribution in [0.4, 0.5) is 0 Å². The number of esters is 1. The maximum atomic E-state index is 12.2. The van der Waals surface area contributed by atoms with Crippen molar-refractivity contribution in [1.82, 2.24) is 10.3 Å². The molecule has 1 N–H and O–H groups in total. The van der Waals surface area contributed by atoms with Crippen LogP contribution in [0.15, 0.2) is 54.9 Å². The summed E-state index contributed by atoms with van der Waals surface area (Å²) in [5, 5.41) is 2.85. The van der Waals surface area contributed by atoms with E-state index in [2.05, 4.69) is 10.3 Å². The fraction of sp³-hybridized carbons (Fsp3) is 0.278. The van der Waals surface area contributed by atoms with Gasteiger partial charge < -0.3 is 10.1 Å². The molecule has 0 aliphatic heterocycles. The van der Waals surface area contributed by atoms with Crippen molar-refractivity contribution in [3.05, 3.63) is 66.0 Å². The molecule has 0 aliphatic rings. The van der Waals surface area contributed by atoms with Gasteiger partial charge in [0.1, 0.15) is 0 Å². The Balaban J connectivity index is 2.09. The number of nitrogens with zero attached hydrogens (tertiary/aromatic N) is 1. The van der Waals surface area contributed by atoms with Crippen molar-refractivity contribution in [2.24, 2.45) is 5.92 Å². The maximum absolute atomic E-state index is 12.2. The van der Waals surface area contributed by atoms with Gasteiger partial charge in [0.05, 0.1) is 18.6 Å². The number of hydrogen-bond acceptors (Lipinski definition) is 4. The number of carbonyl (C=O) groups excluding carboxylic acids is 2. The number of pyridine rings is 1. The van der Waals surface area contributed by atoms with E-state index >= 15 is 0 Å². The van der Waals surface area contributed by atoms with Crippen LogP contribution in [-0.4, -0.2) is 30.0 Å². The highest BCUT2D eigenvalue weighted by molar-refractivity contribution is 5.94. The number of carbonyl (C=O) groups is 2. The van der Waals surface area contributed by atoms with Gasteiger partial charge in [0.25, 0.3) is 5.91 Å². The van der Waals surface area contributed by atoms with Crippen LogP contribution in [0.1, 0.15) is 22.8 Å². The van der Waals surface area contributed by atoms with Gasteiger partial charge in [-0.3, -0.25) is 14.6 Å². The van der Waals surface area contributed by atoms with Gasteiger partial charge in [-0.25, -0.2) is 0 Å². The van der Waals surface area contributed by atoms with Gasteiger partial charge in [-0.1, -0.05) is 30.3 Å². The Hall–Kier alpha value is -2.69. The van der Waals surface area contributed by atoms with Crippen LogP contribution < -0.4 is 5.32 Å². The number of benzene rings is 1. The standard InChI is InChI=1S/C18H20N2O3/c1-13(20-17(21)15-9-6-10-19-12-15)16(18(22)23-2)11-14-7-4-3-5-8-14/h3-10,12-13,16H,11H2,1-2H3,(H,20,21)/t13-,16+/m0/s1. The highest BCUT2D eigenvalue weighted by Gasteiger charge is 2.27. The van der Waals surface area contributed by atoms with Crippen molar-refractivity contribution < 1.29 is 14.3 Å². The molecule has 1 aromatic carbocycles. The molecule has 0 saturated heterocycles. The van der Waals surface area contributed by atoms with Crippen LogP contribution in [0, 0.1) is 5.92 Å². The molecular weight excluding hydrogens is 292 g/mol. The van der Waals surface area contributed by atoms with E-state index in [4.69, 9.17) is 4.74 Å². The molecule has 0 bridgehead atoms. The number of amides is 1. The van der Waals surface area contributed by atoms with E-state index in [1.807, 2.05) is 30.3 Å². The Morgan fingerprint density at radius 2 is 1.91 bits per heavy atom. The summed E-state index contributed by atoms with van der Waals surface area (Å²) in [6, 6.07) is 12.7. The molecule has 1 aromatic heterocycles. The maximum Gasteiger partial charge on any atom is 0.311 e. The van der Waals surface area contributed by atoms with E-state index in [9.17, 15) is 9.59 Å². The first kappa shape index (κ1) is 16.7. The number of nitrogens with one attached hydrogen (secondary N) is 1. The van der Waals surface area contributed by atoms with E-state index < -0.39 is 5.92 Å². The molecule has 0 radical (unpaired) electrons. The van der Waals surface area contributed by atoms with Gasteiger partial charge >= 0.3 is 5.97 Å². The Kier molecular flexibility index (Phi) is 5.86. The van der Waals surface area contributed by atoms with Crippen molar-refractivity contribution >= 4 is 11.9 Å². The van der Waals surface area contributed by atoms with Crippen molar-refractivity contribution in [3.63, 3.8) is 0 Å². The lowest BCUT2D eigenvalue weighted by Crippen LogP contribution is -2.42. The molecule has 120 valence electrons. The molecule has 0 saturated carbocycles. The lowest BCUT2D eigenvalue weighted by Gasteiger charge is -2.23. The molecule has 23 heavy (non-hydrogen) atoms. The molecule has 1 heterocycles. The predicted octanol–water partition coefficient (Wildman–Crippen LogP) is 2.23. The summed E-state index contributed by atoms with van der Waals surface area (Å²) >= 11 is 0. The molecule has 2 atom stereocenters. The largest absolute Gasteiger partial charge is 0.469 e. The first-order valence-corrected chi connectivity index (χ1v) is 7.44. The zero-order valence-corrected chi connectivity index (χ0v) is 13.2. The number of hydrogen-bond donors (Lipinski definition) is 1. The second kappa shape index (κ2) is 8.08. The summed E-state index contributed by atoms with van der Waals surface area (Å²) < 4.78 is 4.89.